The Morgan fingerprint density at radius 3 is 2.57 bits per heavy atom. The van der Waals surface area contributed by atoms with Crippen LogP contribution in [0.25, 0.3) is 0 Å². The second-order valence-electron chi connectivity index (χ2n) is 6.41. The molecule has 1 saturated carbocycles. The van der Waals surface area contributed by atoms with Crippen molar-refractivity contribution in [2.45, 2.75) is 51.0 Å². The molecule has 1 aliphatic carbocycles. The summed E-state index contributed by atoms with van der Waals surface area (Å²) in [7, 11) is 0. The summed E-state index contributed by atoms with van der Waals surface area (Å²) in [4.78, 5) is 14.7. The van der Waals surface area contributed by atoms with Gasteiger partial charge in [0.05, 0.1) is 6.54 Å². The van der Waals surface area contributed by atoms with Crippen molar-refractivity contribution in [3.05, 3.63) is 30.3 Å². The van der Waals surface area contributed by atoms with E-state index in [0.29, 0.717) is 12.6 Å². The predicted octanol–water partition coefficient (Wildman–Crippen LogP) is 3.67. The standard InChI is InChI=1S/C18H26N2O/c21-18(14-19-16-10-5-2-6-11-16)20-13-7-12-17(20)15-8-3-1-4-9-15/h2,5-6,10-11,15,17,19H,1,3-4,7-9,12-14H2. The Kier molecular flexibility index (Phi) is 4.79. The molecule has 1 amide bonds. The first-order valence-corrected chi connectivity index (χ1v) is 8.43. The van der Waals surface area contributed by atoms with Crippen molar-refractivity contribution in [2.75, 3.05) is 18.4 Å². The molecule has 1 N–H and O–H groups in total. The van der Waals surface area contributed by atoms with Crippen molar-refractivity contribution >= 4 is 11.6 Å². The minimum Gasteiger partial charge on any atom is -0.376 e. The molecule has 1 heterocycles. The number of benzene rings is 1. The van der Waals surface area contributed by atoms with E-state index >= 15 is 0 Å². The largest absolute Gasteiger partial charge is 0.376 e. The zero-order chi connectivity index (χ0) is 14.5. The van der Waals surface area contributed by atoms with Crippen molar-refractivity contribution in [2.24, 2.45) is 5.92 Å². The van der Waals surface area contributed by atoms with Gasteiger partial charge in [0.25, 0.3) is 0 Å². The lowest BCUT2D eigenvalue weighted by Crippen LogP contribution is -2.43. The number of likely N-dealkylation sites (tertiary alicyclic amines) is 1. The minimum atomic E-state index is 0.270. The van der Waals surface area contributed by atoms with Gasteiger partial charge < -0.3 is 10.2 Å². The molecule has 0 spiro atoms. The molecule has 0 radical (unpaired) electrons. The topological polar surface area (TPSA) is 32.3 Å². The van der Waals surface area contributed by atoms with Crippen molar-refractivity contribution in [1.29, 1.82) is 0 Å². The summed E-state index contributed by atoms with van der Waals surface area (Å²) in [5, 5.41) is 3.25. The molecular weight excluding hydrogens is 260 g/mol. The summed E-state index contributed by atoms with van der Waals surface area (Å²) in [5.41, 5.74) is 1.03. The highest BCUT2D eigenvalue weighted by atomic mass is 16.2. The molecule has 2 fully saturated rings. The van der Waals surface area contributed by atoms with Crippen molar-refractivity contribution in [1.82, 2.24) is 4.90 Å². The molecule has 1 aromatic carbocycles. The highest BCUT2D eigenvalue weighted by molar-refractivity contribution is 5.81. The van der Waals surface area contributed by atoms with Gasteiger partial charge in [0.1, 0.15) is 0 Å². The van der Waals surface area contributed by atoms with Gasteiger partial charge >= 0.3 is 0 Å². The van der Waals surface area contributed by atoms with Gasteiger partial charge in [0.15, 0.2) is 0 Å². The Morgan fingerprint density at radius 1 is 1.05 bits per heavy atom. The van der Waals surface area contributed by atoms with Crippen molar-refractivity contribution < 1.29 is 4.79 Å². The molecule has 0 bridgehead atoms. The van der Waals surface area contributed by atoms with E-state index in [1.165, 1.54) is 44.9 Å². The number of hydrogen-bond donors (Lipinski definition) is 1. The maximum absolute atomic E-state index is 12.5. The van der Waals surface area contributed by atoms with Crippen LogP contribution in [0.1, 0.15) is 44.9 Å². The third kappa shape index (κ3) is 3.58. The van der Waals surface area contributed by atoms with Gasteiger partial charge in [-0.25, -0.2) is 0 Å². The summed E-state index contributed by atoms with van der Waals surface area (Å²) < 4.78 is 0. The number of anilines is 1. The van der Waals surface area contributed by atoms with Gasteiger partial charge in [-0.05, 0) is 43.7 Å². The van der Waals surface area contributed by atoms with Gasteiger partial charge in [-0.2, -0.15) is 0 Å². The number of hydrogen-bond acceptors (Lipinski definition) is 2. The summed E-state index contributed by atoms with van der Waals surface area (Å²) in [6.45, 7) is 1.38. The average Bonchev–Trinajstić information content (AvgIpc) is 3.04. The van der Waals surface area contributed by atoms with Crippen LogP contribution >= 0.6 is 0 Å². The fourth-order valence-corrected chi connectivity index (χ4v) is 3.95. The molecule has 21 heavy (non-hydrogen) atoms. The summed E-state index contributed by atoms with van der Waals surface area (Å²) in [5.74, 6) is 1.02. The number of rotatable bonds is 4. The number of carbonyl (C=O) groups is 1. The van der Waals surface area contributed by atoms with Crippen LogP contribution in [0.2, 0.25) is 0 Å². The molecule has 114 valence electrons. The van der Waals surface area contributed by atoms with E-state index in [9.17, 15) is 4.79 Å². The van der Waals surface area contributed by atoms with Gasteiger partial charge in [-0.3, -0.25) is 4.79 Å². The van der Waals surface area contributed by atoms with Gasteiger partial charge in [0, 0.05) is 18.3 Å². The Morgan fingerprint density at radius 2 is 1.81 bits per heavy atom. The van der Waals surface area contributed by atoms with Crippen LogP contribution in [-0.4, -0.2) is 29.9 Å². The van der Waals surface area contributed by atoms with E-state index in [2.05, 4.69) is 10.2 Å². The lowest BCUT2D eigenvalue weighted by atomic mass is 9.83. The lowest BCUT2D eigenvalue weighted by molar-refractivity contribution is -0.131. The van der Waals surface area contributed by atoms with Crippen LogP contribution in [0.15, 0.2) is 30.3 Å². The number of amides is 1. The quantitative estimate of drug-likeness (QED) is 0.916. The van der Waals surface area contributed by atoms with Crippen LogP contribution in [0, 0.1) is 5.92 Å². The molecule has 0 aromatic heterocycles. The monoisotopic (exact) mass is 286 g/mol. The van der Waals surface area contributed by atoms with E-state index in [1.54, 1.807) is 0 Å². The van der Waals surface area contributed by atoms with Crippen LogP contribution in [0.3, 0.4) is 0 Å². The molecule has 1 aliphatic heterocycles. The predicted molar refractivity (Wildman–Crippen MR) is 86.2 cm³/mol. The Bertz CT molecular complexity index is 454. The van der Waals surface area contributed by atoms with Crippen LogP contribution in [-0.2, 0) is 4.79 Å². The van der Waals surface area contributed by atoms with Gasteiger partial charge in [-0.15, -0.1) is 0 Å². The van der Waals surface area contributed by atoms with Gasteiger partial charge in [-0.1, -0.05) is 37.5 Å². The highest BCUT2D eigenvalue weighted by Crippen LogP contribution is 2.34. The smallest absolute Gasteiger partial charge is 0.242 e. The summed E-state index contributed by atoms with van der Waals surface area (Å²) in [6, 6.07) is 10.5. The zero-order valence-corrected chi connectivity index (χ0v) is 12.8. The molecule has 3 rings (SSSR count). The molecule has 1 atom stereocenters. The third-order valence-electron chi connectivity index (χ3n) is 5.03. The van der Waals surface area contributed by atoms with E-state index in [4.69, 9.17) is 0 Å². The van der Waals surface area contributed by atoms with E-state index < -0.39 is 0 Å². The van der Waals surface area contributed by atoms with E-state index in [0.717, 1.165) is 18.2 Å². The Hall–Kier alpha value is -1.51. The number of para-hydroxylation sites is 1. The highest BCUT2D eigenvalue weighted by Gasteiger charge is 2.34. The molecule has 1 saturated heterocycles. The second-order valence-corrected chi connectivity index (χ2v) is 6.41. The van der Waals surface area contributed by atoms with Crippen LogP contribution in [0.4, 0.5) is 5.69 Å². The maximum Gasteiger partial charge on any atom is 0.242 e. The summed E-state index contributed by atoms with van der Waals surface area (Å²) >= 11 is 0. The van der Waals surface area contributed by atoms with E-state index in [1.807, 2.05) is 30.3 Å². The minimum absolute atomic E-state index is 0.270. The first-order chi connectivity index (χ1) is 10.3. The molecule has 3 nitrogen and oxygen atoms in total. The lowest BCUT2D eigenvalue weighted by Gasteiger charge is -2.34. The van der Waals surface area contributed by atoms with Gasteiger partial charge in [0.2, 0.25) is 5.91 Å². The normalized spacial score (nSPS) is 23.2. The molecular formula is C18H26N2O. The number of carbonyl (C=O) groups excluding carboxylic acids is 1. The first-order valence-electron chi connectivity index (χ1n) is 8.43. The SMILES string of the molecule is O=C(CNc1ccccc1)N1CCCC1C1CCCCC1. The maximum atomic E-state index is 12.5. The molecule has 1 aromatic rings. The molecule has 2 aliphatic rings. The van der Waals surface area contributed by atoms with Crippen molar-refractivity contribution in [3.63, 3.8) is 0 Å². The fraction of sp³-hybridized carbons (Fsp3) is 0.611. The number of nitrogens with one attached hydrogen (secondary N) is 1. The van der Waals surface area contributed by atoms with Crippen LogP contribution < -0.4 is 5.32 Å². The molecule has 1 unspecified atom stereocenters. The van der Waals surface area contributed by atoms with E-state index in [-0.39, 0.29) is 5.91 Å². The van der Waals surface area contributed by atoms with Crippen molar-refractivity contribution in [3.8, 4) is 0 Å². The third-order valence-corrected chi connectivity index (χ3v) is 5.03. The zero-order valence-electron chi connectivity index (χ0n) is 12.8. The molecule has 3 heteroatoms. The fourth-order valence-electron chi connectivity index (χ4n) is 3.95. The average molecular weight is 286 g/mol. The Labute approximate surface area is 127 Å². The Balaban J connectivity index is 1.55. The first kappa shape index (κ1) is 14.4. The summed E-state index contributed by atoms with van der Waals surface area (Å²) in [6.07, 6.45) is 9.12. The van der Waals surface area contributed by atoms with Crippen LogP contribution in [0.5, 0.6) is 0 Å². The second kappa shape index (κ2) is 6.97. The number of nitrogens with zero attached hydrogens (tertiary/aromatic N) is 1.